The van der Waals surface area contributed by atoms with Crippen LogP contribution >= 0.6 is 0 Å². The van der Waals surface area contributed by atoms with Gasteiger partial charge in [0.1, 0.15) is 11.5 Å². The van der Waals surface area contributed by atoms with Crippen molar-refractivity contribution in [2.24, 2.45) is 5.41 Å². The number of carboxylic acid groups (broad SMARTS) is 1. The third-order valence-corrected chi connectivity index (χ3v) is 4.33. The quantitative estimate of drug-likeness (QED) is 0.873. The normalized spacial score (nSPS) is 19.0. The van der Waals surface area contributed by atoms with Crippen molar-refractivity contribution < 1.29 is 19.1 Å². The van der Waals surface area contributed by atoms with Gasteiger partial charge in [0, 0.05) is 6.42 Å². The van der Waals surface area contributed by atoms with E-state index in [4.69, 9.17) is 4.42 Å². The number of rotatable bonds is 5. The summed E-state index contributed by atoms with van der Waals surface area (Å²) in [5.41, 5.74) is -0.888. The smallest absolute Gasteiger partial charge is 0.310 e. The van der Waals surface area contributed by atoms with E-state index in [1.807, 2.05) is 26.0 Å². The van der Waals surface area contributed by atoms with Crippen molar-refractivity contribution in [2.75, 3.05) is 0 Å². The van der Waals surface area contributed by atoms with Crippen LogP contribution in [0.5, 0.6) is 0 Å². The molecule has 5 nitrogen and oxygen atoms in total. The maximum atomic E-state index is 12.2. The fraction of sp³-hybridized carbons (Fsp3) is 0.625. The zero-order valence-electron chi connectivity index (χ0n) is 12.6. The molecule has 0 aliphatic heterocycles. The van der Waals surface area contributed by atoms with E-state index < -0.39 is 11.4 Å². The molecule has 0 saturated heterocycles. The molecule has 1 amide bonds. The molecule has 0 unspecified atom stereocenters. The van der Waals surface area contributed by atoms with E-state index in [0.29, 0.717) is 18.6 Å². The molecule has 1 heterocycles. The minimum atomic E-state index is -0.888. The van der Waals surface area contributed by atoms with E-state index in [2.05, 4.69) is 5.32 Å². The number of hydrogen-bond acceptors (Lipinski definition) is 3. The fourth-order valence-electron chi connectivity index (χ4n) is 3.05. The summed E-state index contributed by atoms with van der Waals surface area (Å²) in [7, 11) is 0. The molecular weight excluding hydrogens is 270 g/mol. The van der Waals surface area contributed by atoms with Crippen LogP contribution in [0.3, 0.4) is 0 Å². The summed E-state index contributed by atoms with van der Waals surface area (Å²) in [4.78, 5) is 23.8. The lowest BCUT2D eigenvalue weighted by atomic mass is 9.71. The van der Waals surface area contributed by atoms with Crippen LogP contribution in [-0.2, 0) is 9.59 Å². The van der Waals surface area contributed by atoms with Crippen molar-refractivity contribution in [3.8, 4) is 0 Å². The van der Waals surface area contributed by atoms with Gasteiger partial charge in [-0.15, -0.1) is 0 Å². The zero-order valence-corrected chi connectivity index (χ0v) is 12.6. The number of nitrogens with one attached hydrogen (secondary N) is 1. The first kappa shape index (κ1) is 15.6. The average Bonchev–Trinajstić information content (AvgIpc) is 2.86. The predicted octanol–water partition coefficient (Wildman–Crippen LogP) is 3.19. The highest BCUT2D eigenvalue weighted by molar-refractivity contribution is 5.85. The van der Waals surface area contributed by atoms with Gasteiger partial charge in [-0.3, -0.25) is 9.59 Å². The third kappa shape index (κ3) is 3.65. The summed E-state index contributed by atoms with van der Waals surface area (Å²) in [6.45, 7) is 3.68. The van der Waals surface area contributed by atoms with Crippen LogP contribution < -0.4 is 5.32 Å². The van der Waals surface area contributed by atoms with Gasteiger partial charge in [0.05, 0.1) is 11.5 Å². The Balaban J connectivity index is 1.98. The molecular formula is C16H23NO4. The first-order valence-corrected chi connectivity index (χ1v) is 7.52. The number of amides is 1. The second kappa shape index (κ2) is 6.33. The number of carbonyl (C=O) groups is 2. The molecule has 1 aliphatic carbocycles. The largest absolute Gasteiger partial charge is 0.481 e. The van der Waals surface area contributed by atoms with Gasteiger partial charge in [-0.05, 0) is 38.8 Å². The molecule has 21 heavy (non-hydrogen) atoms. The predicted molar refractivity (Wildman–Crippen MR) is 77.8 cm³/mol. The SMILES string of the molecule is Cc1ccc([C@@H](C)NC(=O)CC2(C(=O)O)CCCCC2)o1. The Hall–Kier alpha value is -1.78. The molecule has 1 aliphatic rings. The van der Waals surface area contributed by atoms with Crippen LogP contribution in [0.25, 0.3) is 0 Å². The standard InChI is InChI=1S/C16H23NO4/c1-11-6-7-13(21-11)12(2)17-14(18)10-16(15(19)20)8-4-3-5-9-16/h6-7,12H,3-5,8-10H2,1-2H3,(H,17,18)(H,19,20)/t12-/m1/s1. The van der Waals surface area contributed by atoms with Gasteiger partial charge >= 0.3 is 5.97 Å². The van der Waals surface area contributed by atoms with E-state index in [1.54, 1.807) is 0 Å². The Morgan fingerprint density at radius 3 is 2.52 bits per heavy atom. The van der Waals surface area contributed by atoms with Crippen molar-refractivity contribution in [3.63, 3.8) is 0 Å². The fourth-order valence-corrected chi connectivity index (χ4v) is 3.05. The summed E-state index contributed by atoms with van der Waals surface area (Å²) in [5, 5.41) is 12.3. The Morgan fingerprint density at radius 2 is 2.00 bits per heavy atom. The van der Waals surface area contributed by atoms with Crippen LogP contribution in [0.15, 0.2) is 16.5 Å². The van der Waals surface area contributed by atoms with E-state index in [1.165, 1.54) is 0 Å². The zero-order chi connectivity index (χ0) is 15.5. The lowest BCUT2D eigenvalue weighted by Gasteiger charge is -2.32. The highest BCUT2D eigenvalue weighted by atomic mass is 16.4. The Morgan fingerprint density at radius 1 is 1.33 bits per heavy atom. The molecule has 0 bridgehead atoms. The molecule has 1 aromatic rings. The maximum Gasteiger partial charge on any atom is 0.310 e. The monoisotopic (exact) mass is 293 g/mol. The number of aryl methyl sites for hydroxylation is 1. The summed E-state index contributed by atoms with van der Waals surface area (Å²) < 4.78 is 5.48. The van der Waals surface area contributed by atoms with E-state index >= 15 is 0 Å². The van der Waals surface area contributed by atoms with Crippen LogP contribution in [0.2, 0.25) is 0 Å². The van der Waals surface area contributed by atoms with Crippen LogP contribution in [0, 0.1) is 12.3 Å². The molecule has 1 aromatic heterocycles. The summed E-state index contributed by atoms with van der Waals surface area (Å²) in [6, 6.07) is 3.42. The molecule has 0 aromatic carbocycles. The summed E-state index contributed by atoms with van der Waals surface area (Å²) >= 11 is 0. The van der Waals surface area contributed by atoms with Crippen molar-refractivity contribution in [1.29, 1.82) is 0 Å². The first-order chi connectivity index (χ1) is 9.93. The lowest BCUT2D eigenvalue weighted by Crippen LogP contribution is -2.39. The van der Waals surface area contributed by atoms with Gasteiger partial charge in [-0.1, -0.05) is 19.3 Å². The van der Waals surface area contributed by atoms with E-state index in [9.17, 15) is 14.7 Å². The van der Waals surface area contributed by atoms with Crippen molar-refractivity contribution in [2.45, 2.75) is 58.4 Å². The minimum absolute atomic E-state index is 0.0480. The van der Waals surface area contributed by atoms with E-state index in [-0.39, 0.29) is 18.4 Å². The van der Waals surface area contributed by atoms with Crippen LogP contribution in [0.1, 0.15) is 63.0 Å². The second-order valence-electron chi connectivity index (χ2n) is 6.06. The van der Waals surface area contributed by atoms with Gasteiger partial charge in [-0.2, -0.15) is 0 Å². The van der Waals surface area contributed by atoms with E-state index in [0.717, 1.165) is 25.0 Å². The molecule has 2 rings (SSSR count). The number of aliphatic carboxylic acids is 1. The molecule has 1 saturated carbocycles. The molecule has 2 N–H and O–H groups in total. The highest BCUT2D eigenvalue weighted by Gasteiger charge is 2.41. The highest BCUT2D eigenvalue weighted by Crippen LogP contribution is 2.39. The number of carbonyl (C=O) groups excluding carboxylic acids is 1. The van der Waals surface area contributed by atoms with Crippen molar-refractivity contribution >= 4 is 11.9 Å². The second-order valence-corrected chi connectivity index (χ2v) is 6.06. The summed E-state index contributed by atoms with van der Waals surface area (Å²) in [6.07, 6.45) is 4.04. The number of carboxylic acids is 1. The van der Waals surface area contributed by atoms with Crippen LogP contribution in [0.4, 0.5) is 0 Å². The third-order valence-electron chi connectivity index (χ3n) is 4.33. The maximum absolute atomic E-state index is 12.2. The number of furan rings is 1. The van der Waals surface area contributed by atoms with Gasteiger partial charge < -0.3 is 14.8 Å². The molecule has 0 spiro atoms. The molecule has 1 fully saturated rings. The van der Waals surface area contributed by atoms with Crippen molar-refractivity contribution in [1.82, 2.24) is 5.32 Å². The van der Waals surface area contributed by atoms with Gasteiger partial charge in [0.15, 0.2) is 0 Å². The Labute approximate surface area is 124 Å². The minimum Gasteiger partial charge on any atom is -0.481 e. The summed E-state index contributed by atoms with van der Waals surface area (Å²) in [5.74, 6) is 0.411. The number of hydrogen-bond donors (Lipinski definition) is 2. The average molecular weight is 293 g/mol. The van der Waals surface area contributed by atoms with Crippen molar-refractivity contribution in [3.05, 3.63) is 23.7 Å². The van der Waals surface area contributed by atoms with Gasteiger partial charge in [0.25, 0.3) is 0 Å². The molecule has 1 atom stereocenters. The topological polar surface area (TPSA) is 79.5 Å². The molecule has 116 valence electrons. The van der Waals surface area contributed by atoms with Gasteiger partial charge in [0.2, 0.25) is 5.91 Å². The van der Waals surface area contributed by atoms with Crippen LogP contribution in [-0.4, -0.2) is 17.0 Å². The Bertz CT molecular complexity index is 514. The Kier molecular flexibility index (Phi) is 4.70. The lowest BCUT2D eigenvalue weighted by molar-refractivity contribution is -0.154. The molecule has 5 heteroatoms. The first-order valence-electron chi connectivity index (χ1n) is 7.52. The molecule has 0 radical (unpaired) electrons. The van der Waals surface area contributed by atoms with Gasteiger partial charge in [-0.25, -0.2) is 0 Å².